The summed E-state index contributed by atoms with van der Waals surface area (Å²) >= 11 is 0. The van der Waals surface area contributed by atoms with Gasteiger partial charge in [-0.1, -0.05) is 25.5 Å². The molecule has 0 unspecified atom stereocenters. The predicted molar refractivity (Wildman–Crippen MR) is 78.5 cm³/mol. The largest absolute Gasteiger partial charge is 0.481 e. The van der Waals surface area contributed by atoms with Gasteiger partial charge in [-0.3, -0.25) is 4.79 Å². The van der Waals surface area contributed by atoms with Gasteiger partial charge in [0, 0.05) is 6.04 Å². The van der Waals surface area contributed by atoms with Crippen LogP contribution in [0.4, 0.5) is 0 Å². The summed E-state index contributed by atoms with van der Waals surface area (Å²) in [7, 11) is 0. The molecule has 0 fully saturated rings. The van der Waals surface area contributed by atoms with Gasteiger partial charge in [-0.05, 0) is 51.3 Å². The Kier molecular flexibility index (Phi) is 5.87. The van der Waals surface area contributed by atoms with E-state index < -0.39 is 6.10 Å². The molecule has 3 heteroatoms. The van der Waals surface area contributed by atoms with Gasteiger partial charge in [-0.2, -0.15) is 0 Å². The average molecular weight is 263 g/mol. The van der Waals surface area contributed by atoms with Crippen molar-refractivity contribution in [2.75, 3.05) is 0 Å². The van der Waals surface area contributed by atoms with Gasteiger partial charge in [-0.15, -0.1) is 0 Å². The van der Waals surface area contributed by atoms with Crippen molar-refractivity contribution >= 4 is 5.91 Å². The second-order valence-electron chi connectivity index (χ2n) is 5.16. The first kappa shape index (κ1) is 15.5. The van der Waals surface area contributed by atoms with Crippen LogP contribution in [0.2, 0.25) is 0 Å². The quantitative estimate of drug-likeness (QED) is 0.854. The van der Waals surface area contributed by atoms with Gasteiger partial charge in [-0.25, -0.2) is 0 Å². The molecular formula is C16H25NO2. The first-order chi connectivity index (χ1) is 8.95. The second-order valence-corrected chi connectivity index (χ2v) is 5.16. The number of ether oxygens (including phenoxy) is 1. The van der Waals surface area contributed by atoms with E-state index in [4.69, 9.17) is 4.74 Å². The minimum atomic E-state index is -0.472. The van der Waals surface area contributed by atoms with Crippen LogP contribution in [0.3, 0.4) is 0 Å². The summed E-state index contributed by atoms with van der Waals surface area (Å²) in [6.45, 7) is 9.96. The predicted octanol–water partition coefficient (Wildman–Crippen LogP) is 3.38. The molecule has 0 aliphatic rings. The monoisotopic (exact) mass is 263 g/mol. The summed E-state index contributed by atoms with van der Waals surface area (Å²) in [5.74, 6) is 0.729. The number of rotatable bonds is 6. The van der Waals surface area contributed by atoms with E-state index in [0.717, 1.165) is 24.2 Å². The Morgan fingerprint density at radius 3 is 2.63 bits per heavy atom. The van der Waals surface area contributed by atoms with E-state index >= 15 is 0 Å². The molecule has 1 N–H and O–H groups in total. The first-order valence-electron chi connectivity index (χ1n) is 6.99. The molecule has 0 radical (unpaired) electrons. The summed E-state index contributed by atoms with van der Waals surface area (Å²) in [4.78, 5) is 12.0. The van der Waals surface area contributed by atoms with E-state index in [1.165, 1.54) is 5.56 Å². The number of benzene rings is 1. The summed E-state index contributed by atoms with van der Waals surface area (Å²) in [6, 6.07) is 6.09. The normalized spacial score (nSPS) is 13.7. The molecule has 1 rings (SSSR count). The molecule has 106 valence electrons. The highest BCUT2D eigenvalue weighted by Crippen LogP contribution is 2.21. The van der Waals surface area contributed by atoms with Crippen LogP contribution >= 0.6 is 0 Å². The van der Waals surface area contributed by atoms with Gasteiger partial charge in [0.1, 0.15) is 5.75 Å². The minimum Gasteiger partial charge on any atom is -0.481 e. The molecule has 0 aromatic heterocycles. The maximum atomic E-state index is 12.0. The summed E-state index contributed by atoms with van der Waals surface area (Å²) in [5.41, 5.74) is 2.26. The highest BCUT2D eigenvalue weighted by Gasteiger charge is 2.17. The number of carbonyl (C=O) groups excluding carboxylic acids is 1. The molecule has 1 aromatic carbocycles. The van der Waals surface area contributed by atoms with E-state index in [2.05, 4.69) is 12.2 Å². The molecule has 0 bridgehead atoms. The van der Waals surface area contributed by atoms with Crippen LogP contribution in [0.25, 0.3) is 0 Å². The standard InChI is InChI=1S/C16H25NO2/c1-6-8-12(3)17-16(18)14(5)19-15-10-7-9-11(2)13(15)4/h7,9-10,12,14H,6,8H2,1-5H3,(H,17,18)/t12-,14+/m0/s1. The van der Waals surface area contributed by atoms with E-state index in [-0.39, 0.29) is 11.9 Å². The van der Waals surface area contributed by atoms with Gasteiger partial charge >= 0.3 is 0 Å². The fourth-order valence-electron chi connectivity index (χ4n) is 1.96. The Labute approximate surface area is 116 Å². The molecule has 19 heavy (non-hydrogen) atoms. The zero-order valence-corrected chi connectivity index (χ0v) is 12.6. The number of amides is 1. The van der Waals surface area contributed by atoms with Crippen LogP contribution in [-0.4, -0.2) is 18.1 Å². The van der Waals surface area contributed by atoms with Crippen molar-refractivity contribution in [3.05, 3.63) is 29.3 Å². The Bertz CT molecular complexity index is 429. The van der Waals surface area contributed by atoms with E-state index in [1.54, 1.807) is 6.92 Å². The topological polar surface area (TPSA) is 38.3 Å². The lowest BCUT2D eigenvalue weighted by molar-refractivity contribution is -0.127. The fourth-order valence-corrected chi connectivity index (χ4v) is 1.96. The van der Waals surface area contributed by atoms with Crippen molar-refractivity contribution in [2.45, 2.75) is 59.6 Å². The van der Waals surface area contributed by atoms with Crippen LogP contribution < -0.4 is 10.1 Å². The van der Waals surface area contributed by atoms with E-state index in [1.807, 2.05) is 39.0 Å². The molecule has 0 saturated carbocycles. The zero-order valence-electron chi connectivity index (χ0n) is 12.6. The van der Waals surface area contributed by atoms with E-state index in [0.29, 0.717) is 0 Å². The van der Waals surface area contributed by atoms with Crippen LogP contribution in [-0.2, 0) is 4.79 Å². The van der Waals surface area contributed by atoms with Gasteiger partial charge < -0.3 is 10.1 Å². The molecule has 1 aromatic rings. The van der Waals surface area contributed by atoms with Gasteiger partial charge in [0.05, 0.1) is 0 Å². The molecule has 3 nitrogen and oxygen atoms in total. The van der Waals surface area contributed by atoms with Crippen molar-refractivity contribution < 1.29 is 9.53 Å². The summed E-state index contributed by atoms with van der Waals surface area (Å²) in [6.07, 6.45) is 1.58. The fraction of sp³-hybridized carbons (Fsp3) is 0.562. The molecule has 1 amide bonds. The van der Waals surface area contributed by atoms with Crippen LogP contribution in [0, 0.1) is 13.8 Å². The molecule has 0 saturated heterocycles. The van der Waals surface area contributed by atoms with Crippen LogP contribution in [0.1, 0.15) is 44.7 Å². The van der Waals surface area contributed by atoms with Gasteiger partial charge in [0.2, 0.25) is 0 Å². The third-order valence-electron chi connectivity index (χ3n) is 3.34. The molecular weight excluding hydrogens is 238 g/mol. The molecule has 0 aliphatic carbocycles. The molecule has 0 spiro atoms. The SMILES string of the molecule is CCC[C@H](C)NC(=O)[C@@H](C)Oc1cccc(C)c1C. The molecule has 2 atom stereocenters. The van der Waals surface area contributed by atoms with Crippen molar-refractivity contribution in [3.63, 3.8) is 0 Å². The summed E-state index contributed by atoms with van der Waals surface area (Å²) in [5, 5.41) is 2.97. The third kappa shape index (κ3) is 4.58. The lowest BCUT2D eigenvalue weighted by Crippen LogP contribution is -2.41. The lowest BCUT2D eigenvalue weighted by atomic mass is 10.1. The number of hydrogen-bond acceptors (Lipinski definition) is 2. The van der Waals surface area contributed by atoms with Crippen molar-refractivity contribution in [3.8, 4) is 5.75 Å². The van der Waals surface area contributed by atoms with Crippen molar-refractivity contribution in [2.24, 2.45) is 0 Å². The van der Waals surface area contributed by atoms with E-state index in [9.17, 15) is 4.79 Å². The highest BCUT2D eigenvalue weighted by molar-refractivity contribution is 5.81. The van der Waals surface area contributed by atoms with Crippen LogP contribution in [0.5, 0.6) is 5.75 Å². The second kappa shape index (κ2) is 7.17. The molecule has 0 aliphatic heterocycles. The Balaban J connectivity index is 2.61. The average Bonchev–Trinajstić information content (AvgIpc) is 2.35. The first-order valence-corrected chi connectivity index (χ1v) is 6.99. The summed E-state index contributed by atoms with van der Waals surface area (Å²) < 4.78 is 5.75. The number of carbonyl (C=O) groups is 1. The number of aryl methyl sites for hydroxylation is 1. The molecule has 0 heterocycles. The lowest BCUT2D eigenvalue weighted by Gasteiger charge is -2.19. The van der Waals surface area contributed by atoms with Crippen molar-refractivity contribution in [1.29, 1.82) is 0 Å². The maximum Gasteiger partial charge on any atom is 0.260 e. The smallest absolute Gasteiger partial charge is 0.260 e. The Hall–Kier alpha value is -1.51. The zero-order chi connectivity index (χ0) is 14.4. The van der Waals surface area contributed by atoms with Gasteiger partial charge in [0.25, 0.3) is 5.91 Å². The Morgan fingerprint density at radius 2 is 2.00 bits per heavy atom. The van der Waals surface area contributed by atoms with Crippen molar-refractivity contribution in [1.82, 2.24) is 5.32 Å². The minimum absolute atomic E-state index is 0.0538. The number of hydrogen-bond donors (Lipinski definition) is 1. The maximum absolute atomic E-state index is 12.0. The van der Waals surface area contributed by atoms with Gasteiger partial charge in [0.15, 0.2) is 6.10 Å². The Morgan fingerprint density at radius 1 is 1.32 bits per heavy atom. The number of nitrogens with one attached hydrogen (secondary N) is 1. The third-order valence-corrected chi connectivity index (χ3v) is 3.34. The van der Waals surface area contributed by atoms with Crippen LogP contribution in [0.15, 0.2) is 18.2 Å². The highest BCUT2D eigenvalue weighted by atomic mass is 16.5.